The molecule has 0 aliphatic heterocycles. The highest BCUT2D eigenvalue weighted by atomic mass is 16.1. The highest BCUT2D eigenvalue weighted by Gasteiger charge is 2.03. The summed E-state index contributed by atoms with van der Waals surface area (Å²) in [6, 6.07) is 14.2. The van der Waals surface area contributed by atoms with E-state index < -0.39 is 0 Å². The first-order chi connectivity index (χ1) is 7.72. The van der Waals surface area contributed by atoms with Crippen molar-refractivity contribution in [3.05, 3.63) is 59.2 Å². The van der Waals surface area contributed by atoms with E-state index in [4.69, 9.17) is 0 Å². The van der Waals surface area contributed by atoms with Gasteiger partial charge in [-0.1, -0.05) is 36.4 Å². The number of carbonyl (C=O) groups is 1. The average molecular weight is 210 g/mol. The molecule has 0 aliphatic carbocycles. The van der Waals surface area contributed by atoms with Crippen LogP contribution in [0.5, 0.6) is 0 Å². The van der Waals surface area contributed by atoms with E-state index in [-0.39, 0.29) is 0 Å². The van der Waals surface area contributed by atoms with Gasteiger partial charge in [0.1, 0.15) is 6.29 Å². The molecule has 2 aromatic rings. The number of benzene rings is 2. The number of hydrogen-bond donors (Lipinski definition) is 0. The minimum Gasteiger partial charge on any atom is -0.298 e. The van der Waals surface area contributed by atoms with Gasteiger partial charge in [-0.3, -0.25) is 4.79 Å². The third kappa shape index (κ3) is 1.89. The Bertz CT molecular complexity index is 527. The predicted octanol–water partition coefficient (Wildman–Crippen LogP) is 3.78. The average Bonchev–Trinajstić information content (AvgIpc) is 2.31. The van der Waals surface area contributed by atoms with Crippen molar-refractivity contribution in [2.75, 3.05) is 0 Å². The summed E-state index contributed by atoms with van der Waals surface area (Å²) in [6.45, 7) is 4.03. The molecule has 0 radical (unpaired) electrons. The van der Waals surface area contributed by atoms with Gasteiger partial charge < -0.3 is 0 Å². The van der Waals surface area contributed by atoms with Gasteiger partial charge in [-0.25, -0.2) is 0 Å². The molecule has 0 saturated heterocycles. The van der Waals surface area contributed by atoms with E-state index in [0.717, 1.165) is 23.0 Å². The molecule has 0 atom stereocenters. The van der Waals surface area contributed by atoms with Gasteiger partial charge >= 0.3 is 0 Å². The summed E-state index contributed by atoms with van der Waals surface area (Å²) in [6.07, 6.45) is 0.914. The fourth-order valence-electron chi connectivity index (χ4n) is 1.83. The monoisotopic (exact) mass is 210 g/mol. The van der Waals surface area contributed by atoms with E-state index in [2.05, 4.69) is 25.1 Å². The van der Waals surface area contributed by atoms with E-state index in [1.807, 2.05) is 31.2 Å². The van der Waals surface area contributed by atoms with Gasteiger partial charge in [-0.15, -0.1) is 0 Å². The van der Waals surface area contributed by atoms with Crippen LogP contribution in [0.3, 0.4) is 0 Å². The fraction of sp³-hybridized carbons (Fsp3) is 0.133. The smallest absolute Gasteiger partial charge is 0.150 e. The van der Waals surface area contributed by atoms with E-state index in [1.165, 1.54) is 11.1 Å². The van der Waals surface area contributed by atoms with Crippen molar-refractivity contribution in [3.63, 3.8) is 0 Å². The van der Waals surface area contributed by atoms with Crippen LogP contribution in [-0.4, -0.2) is 6.29 Å². The van der Waals surface area contributed by atoms with Crippen LogP contribution in [0.1, 0.15) is 21.5 Å². The molecule has 0 bridgehead atoms. The third-order valence-electron chi connectivity index (χ3n) is 2.86. The Labute approximate surface area is 95.7 Å². The second-order valence-corrected chi connectivity index (χ2v) is 4.00. The topological polar surface area (TPSA) is 17.1 Å². The van der Waals surface area contributed by atoms with Gasteiger partial charge in [0.05, 0.1) is 0 Å². The van der Waals surface area contributed by atoms with Crippen molar-refractivity contribution in [1.82, 2.24) is 0 Å². The van der Waals surface area contributed by atoms with Crippen molar-refractivity contribution in [2.24, 2.45) is 0 Å². The molecule has 0 aliphatic rings. The van der Waals surface area contributed by atoms with E-state index in [1.54, 1.807) is 0 Å². The first kappa shape index (κ1) is 10.6. The van der Waals surface area contributed by atoms with E-state index >= 15 is 0 Å². The maximum absolute atomic E-state index is 10.9. The van der Waals surface area contributed by atoms with Crippen LogP contribution in [0, 0.1) is 13.8 Å². The lowest BCUT2D eigenvalue weighted by Gasteiger charge is -2.07. The lowest BCUT2D eigenvalue weighted by Crippen LogP contribution is -1.89. The Hall–Kier alpha value is -1.89. The summed E-state index contributed by atoms with van der Waals surface area (Å²) < 4.78 is 0. The molecule has 0 heterocycles. The lowest BCUT2D eigenvalue weighted by molar-refractivity contribution is 0.112. The molecule has 0 N–H and O–H groups in total. The van der Waals surface area contributed by atoms with Crippen LogP contribution in [0.15, 0.2) is 42.5 Å². The molecule has 0 fully saturated rings. The number of aldehydes is 1. The van der Waals surface area contributed by atoms with Gasteiger partial charge in [0.15, 0.2) is 0 Å². The summed E-state index contributed by atoms with van der Waals surface area (Å²) in [5.74, 6) is 0. The van der Waals surface area contributed by atoms with Crippen LogP contribution in [0.2, 0.25) is 0 Å². The zero-order chi connectivity index (χ0) is 11.5. The summed E-state index contributed by atoms with van der Waals surface area (Å²) in [4.78, 5) is 10.9. The first-order valence-electron chi connectivity index (χ1n) is 5.34. The lowest BCUT2D eigenvalue weighted by atomic mass is 9.97. The second-order valence-electron chi connectivity index (χ2n) is 4.00. The van der Waals surface area contributed by atoms with E-state index in [0.29, 0.717) is 0 Å². The zero-order valence-electron chi connectivity index (χ0n) is 9.53. The van der Waals surface area contributed by atoms with Gasteiger partial charge in [-0.05, 0) is 42.2 Å². The summed E-state index contributed by atoms with van der Waals surface area (Å²) in [7, 11) is 0. The predicted molar refractivity (Wildman–Crippen MR) is 66.7 cm³/mol. The zero-order valence-corrected chi connectivity index (χ0v) is 9.53. The second kappa shape index (κ2) is 4.31. The minimum absolute atomic E-state index is 0.765. The van der Waals surface area contributed by atoms with Crippen molar-refractivity contribution < 1.29 is 4.79 Å². The Morgan fingerprint density at radius 2 is 1.69 bits per heavy atom. The SMILES string of the molecule is Cc1ccc(-c2ccccc2C)cc1C=O. The molecule has 80 valence electrons. The molecule has 1 nitrogen and oxygen atoms in total. The van der Waals surface area contributed by atoms with Crippen LogP contribution >= 0.6 is 0 Å². The van der Waals surface area contributed by atoms with Crippen LogP contribution in [0.4, 0.5) is 0 Å². The largest absolute Gasteiger partial charge is 0.298 e. The van der Waals surface area contributed by atoms with Gasteiger partial charge in [0.2, 0.25) is 0 Å². The Balaban J connectivity index is 2.57. The molecule has 0 spiro atoms. The first-order valence-corrected chi connectivity index (χ1v) is 5.34. The summed E-state index contributed by atoms with van der Waals surface area (Å²) >= 11 is 0. The van der Waals surface area contributed by atoms with Crippen molar-refractivity contribution in [3.8, 4) is 11.1 Å². The number of aryl methyl sites for hydroxylation is 2. The number of rotatable bonds is 2. The standard InChI is InChI=1S/C15H14O/c1-11-7-8-13(9-14(11)10-16)15-6-4-3-5-12(15)2/h3-10H,1-2H3. The molecule has 2 rings (SSSR count). The van der Waals surface area contributed by atoms with Crippen molar-refractivity contribution >= 4 is 6.29 Å². The molecule has 0 aromatic heterocycles. The molecule has 1 heteroatoms. The molecule has 16 heavy (non-hydrogen) atoms. The third-order valence-corrected chi connectivity index (χ3v) is 2.86. The number of hydrogen-bond acceptors (Lipinski definition) is 1. The van der Waals surface area contributed by atoms with Crippen molar-refractivity contribution in [1.29, 1.82) is 0 Å². The van der Waals surface area contributed by atoms with E-state index in [9.17, 15) is 4.79 Å². The van der Waals surface area contributed by atoms with Gasteiger partial charge in [-0.2, -0.15) is 0 Å². The highest BCUT2D eigenvalue weighted by molar-refractivity contribution is 5.81. The molecular formula is C15H14O. The van der Waals surface area contributed by atoms with Crippen LogP contribution < -0.4 is 0 Å². The Morgan fingerprint density at radius 1 is 0.938 bits per heavy atom. The van der Waals surface area contributed by atoms with Crippen molar-refractivity contribution in [2.45, 2.75) is 13.8 Å². The maximum atomic E-state index is 10.9. The van der Waals surface area contributed by atoms with Crippen LogP contribution in [-0.2, 0) is 0 Å². The summed E-state index contributed by atoms with van der Waals surface area (Å²) in [5, 5.41) is 0. The van der Waals surface area contributed by atoms with Crippen LogP contribution in [0.25, 0.3) is 11.1 Å². The molecule has 0 saturated carbocycles. The van der Waals surface area contributed by atoms with Gasteiger partial charge in [0, 0.05) is 5.56 Å². The minimum atomic E-state index is 0.765. The molecule has 0 amide bonds. The fourth-order valence-corrected chi connectivity index (χ4v) is 1.83. The molecule has 0 unspecified atom stereocenters. The molecule has 2 aromatic carbocycles. The number of carbonyl (C=O) groups excluding carboxylic acids is 1. The quantitative estimate of drug-likeness (QED) is 0.689. The normalized spacial score (nSPS) is 10.1. The Morgan fingerprint density at radius 3 is 2.38 bits per heavy atom. The summed E-state index contributed by atoms with van der Waals surface area (Å²) in [5.41, 5.74) is 5.30. The molecular weight excluding hydrogens is 196 g/mol. The Kier molecular flexibility index (Phi) is 2.86. The van der Waals surface area contributed by atoms with Gasteiger partial charge in [0.25, 0.3) is 0 Å². The highest BCUT2D eigenvalue weighted by Crippen LogP contribution is 2.24. The maximum Gasteiger partial charge on any atom is 0.150 e.